The summed E-state index contributed by atoms with van der Waals surface area (Å²) in [6.07, 6.45) is 0.613. The van der Waals surface area contributed by atoms with E-state index in [-0.39, 0.29) is 29.8 Å². The molecular weight excluding hydrogens is 539 g/mol. The van der Waals surface area contributed by atoms with Crippen molar-refractivity contribution in [1.29, 1.82) is 0 Å². The Morgan fingerprint density at radius 2 is 1.97 bits per heavy atom. The van der Waals surface area contributed by atoms with Crippen molar-refractivity contribution in [2.75, 3.05) is 12.9 Å². The Morgan fingerprint density at radius 1 is 1.15 bits per heavy atom. The first-order chi connectivity index (χ1) is 18.9. The predicted molar refractivity (Wildman–Crippen MR) is 147 cm³/mol. The number of methoxy groups -OCH3 is 1. The summed E-state index contributed by atoms with van der Waals surface area (Å²) >= 11 is 2.84. The molecule has 0 bridgehead atoms. The zero-order valence-corrected chi connectivity index (χ0v) is 22.8. The summed E-state index contributed by atoms with van der Waals surface area (Å²) in [6, 6.07) is 16.9. The van der Waals surface area contributed by atoms with Gasteiger partial charge in [0.2, 0.25) is 0 Å². The van der Waals surface area contributed by atoms with Crippen LogP contribution >= 0.6 is 23.1 Å². The van der Waals surface area contributed by atoms with Crippen LogP contribution in [0.2, 0.25) is 0 Å². The number of ether oxygens (including phenoxy) is 1. The third-order valence-corrected chi connectivity index (χ3v) is 8.14. The van der Waals surface area contributed by atoms with E-state index in [0.717, 1.165) is 21.9 Å². The SMILES string of the molecule is COc1ccc([C@@H]2CC(c3cccs3)=NN2C(=O)CSc2nnc(CNC(=O)c3cccc(F)c3)n2C)cc1. The Labute approximate surface area is 232 Å². The minimum absolute atomic E-state index is 0.105. The third kappa shape index (κ3) is 6.02. The standard InChI is InChI=1S/C27H25FN6O3S2/c1-33-24(15-29-26(36)18-5-3-6-19(28)13-18)30-31-27(33)39-16-25(35)34-22(17-8-10-20(37-2)11-9-17)14-21(32-34)23-7-4-12-38-23/h3-13,22H,14-16H2,1-2H3,(H,29,36)/t22-/m0/s1. The van der Waals surface area contributed by atoms with Gasteiger partial charge in [-0.05, 0) is 47.3 Å². The first-order valence-corrected chi connectivity index (χ1v) is 13.9. The van der Waals surface area contributed by atoms with E-state index in [1.807, 2.05) is 41.8 Å². The van der Waals surface area contributed by atoms with Crippen molar-refractivity contribution in [3.05, 3.63) is 93.7 Å². The van der Waals surface area contributed by atoms with Crippen molar-refractivity contribution in [3.8, 4) is 5.75 Å². The van der Waals surface area contributed by atoms with Crippen LogP contribution in [-0.4, -0.2) is 50.2 Å². The molecule has 0 unspecified atom stereocenters. The highest BCUT2D eigenvalue weighted by atomic mass is 32.2. The van der Waals surface area contributed by atoms with Crippen LogP contribution < -0.4 is 10.1 Å². The topological polar surface area (TPSA) is 102 Å². The highest BCUT2D eigenvalue weighted by Crippen LogP contribution is 2.35. The molecule has 3 heterocycles. The van der Waals surface area contributed by atoms with E-state index in [1.54, 1.807) is 35.1 Å². The Kier molecular flexibility index (Phi) is 8.03. The zero-order valence-electron chi connectivity index (χ0n) is 21.2. The second kappa shape index (κ2) is 11.8. The molecule has 39 heavy (non-hydrogen) atoms. The maximum absolute atomic E-state index is 13.4. The van der Waals surface area contributed by atoms with Gasteiger partial charge in [-0.25, -0.2) is 9.40 Å². The first-order valence-electron chi connectivity index (χ1n) is 12.0. The van der Waals surface area contributed by atoms with Gasteiger partial charge >= 0.3 is 0 Å². The number of halogens is 1. The fraction of sp³-hybridized carbons (Fsp3) is 0.222. The molecule has 0 saturated carbocycles. The van der Waals surface area contributed by atoms with E-state index in [0.29, 0.717) is 17.4 Å². The van der Waals surface area contributed by atoms with Crippen molar-refractivity contribution in [2.24, 2.45) is 12.1 Å². The molecule has 12 heteroatoms. The lowest BCUT2D eigenvalue weighted by atomic mass is 10.0. The van der Waals surface area contributed by atoms with Crippen molar-refractivity contribution < 1.29 is 18.7 Å². The number of rotatable bonds is 9. The number of hydrazone groups is 1. The van der Waals surface area contributed by atoms with E-state index in [1.165, 1.54) is 36.0 Å². The van der Waals surface area contributed by atoms with E-state index in [2.05, 4.69) is 15.5 Å². The van der Waals surface area contributed by atoms with Crippen molar-refractivity contribution in [3.63, 3.8) is 0 Å². The number of carbonyl (C=O) groups excluding carboxylic acids is 2. The van der Waals surface area contributed by atoms with Gasteiger partial charge in [0.05, 0.1) is 36.0 Å². The van der Waals surface area contributed by atoms with Gasteiger partial charge in [0.15, 0.2) is 11.0 Å². The first kappa shape index (κ1) is 26.6. The largest absolute Gasteiger partial charge is 0.497 e. The van der Waals surface area contributed by atoms with Crippen molar-refractivity contribution >= 4 is 40.6 Å². The van der Waals surface area contributed by atoms with E-state index >= 15 is 0 Å². The fourth-order valence-electron chi connectivity index (χ4n) is 4.13. The molecule has 0 saturated heterocycles. The van der Waals surface area contributed by atoms with Crippen LogP contribution in [0.25, 0.3) is 0 Å². The van der Waals surface area contributed by atoms with Gasteiger partial charge in [-0.2, -0.15) is 5.10 Å². The molecule has 0 aliphatic carbocycles. The van der Waals surface area contributed by atoms with Gasteiger partial charge in [-0.3, -0.25) is 9.59 Å². The van der Waals surface area contributed by atoms with Crippen LogP contribution in [0.4, 0.5) is 4.39 Å². The fourth-order valence-corrected chi connectivity index (χ4v) is 5.63. The van der Waals surface area contributed by atoms with Crippen LogP contribution in [0.1, 0.15) is 39.1 Å². The highest BCUT2D eigenvalue weighted by Gasteiger charge is 2.33. The number of benzene rings is 2. The minimum Gasteiger partial charge on any atom is -0.497 e. The Balaban J connectivity index is 1.25. The number of thioether (sulfide) groups is 1. The molecule has 2 aromatic carbocycles. The summed E-state index contributed by atoms with van der Waals surface area (Å²) in [5.74, 6) is 0.301. The number of amides is 2. The lowest BCUT2D eigenvalue weighted by Gasteiger charge is -2.22. The molecule has 1 N–H and O–H groups in total. The second-order valence-corrected chi connectivity index (χ2v) is 10.6. The smallest absolute Gasteiger partial charge is 0.253 e. The van der Waals surface area contributed by atoms with Crippen LogP contribution in [-0.2, 0) is 18.4 Å². The summed E-state index contributed by atoms with van der Waals surface area (Å²) in [7, 11) is 3.38. The van der Waals surface area contributed by atoms with Crippen LogP contribution in [0.15, 0.2) is 76.3 Å². The van der Waals surface area contributed by atoms with Crippen molar-refractivity contribution in [1.82, 2.24) is 25.1 Å². The van der Waals surface area contributed by atoms with Crippen molar-refractivity contribution in [2.45, 2.75) is 24.2 Å². The molecule has 1 aliphatic rings. The number of hydrogen-bond donors (Lipinski definition) is 1. The average molecular weight is 565 g/mol. The molecule has 0 spiro atoms. The minimum atomic E-state index is -0.483. The van der Waals surface area contributed by atoms with Crippen LogP contribution in [0.3, 0.4) is 0 Å². The summed E-state index contributed by atoms with van der Waals surface area (Å²) in [6.45, 7) is 0.105. The number of aromatic nitrogens is 3. The van der Waals surface area contributed by atoms with E-state index in [9.17, 15) is 14.0 Å². The van der Waals surface area contributed by atoms with Gasteiger partial charge < -0.3 is 14.6 Å². The molecule has 9 nitrogen and oxygen atoms in total. The second-order valence-electron chi connectivity index (χ2n) is 8.69. The number of carbonyl (C=O) groups is 2. The van der Waals surface area contributed by atoms with Gasteiger partial charge in [-0.1, -0.05) is 36.0 Å². The maximum atomic E-state index is 13.4. The highest BCUT2D eigenvalue weighted by molar-refractivity contribution is 7.99. The Morgan fingerprint density at radius 3 is 2.69 bits per heavy atom. The zero-order chi connectivity index (χ0) is 27.4. The lowest BCUT2D eigenvalue weighted by molar-refractivity contribution is -0.130. The van der Waals surface area contributed by atoms with E-state index in [4.69, 9.17) is 9.84 Å². The average Bonchev–Trinajstić information content (AvgIpc) is 3.71. The Hall–Kier alpha value is -4.03. The third-order valence-electron chi connectivity index (χ3n) is 6.22. The molecule has 4 aromatic rings. The summed E-state index contributed by atoms with van der Waals surface area (Å²) in [4.78, 5) is 26.8. The molecule has 2 amide bonds. The van der Waals surface area contributed by atoms with Gasteiger partial charge in [0, 0.05) is 19.0 Å². The number of nitrogens with one attached hydrogen (secondary N) is 1. The number of thiophene rings is 1. The molecule has 0 radical (unpaired) electrons. The molecule has 200 valence electrons. The summed E-state index contributed by atoms with van der Waals surface area (Å²) < 4.78 is 20.4. The maximum Gasteiger partial charge on any atom is 0.253 e. The van der Waals surface area contributed by atoms with Crippen LogP contribution in [0, 0.1) is 5.82 Å². The van der Waals surface area contributed by atoms with Crippen LogP contribution in [0.5, 0.6) is 5.75 Å². The van der Waals surface area contributed by atoms with Gasteiger partial charge in [-0.15, -0.1) is 21.5 Å². The molecule has 0 fully saturated rings. The molecule has 1 atom stereocenters. The predicted octanol–water partition coefficient (Wildman–Crippen LogP) is 4.42. The summed E-state index contributed by atoms with van der Waals surface area (Å²) in [5, 5.41) is 19.8. The quantitative estimate of drug-likeness (QED) is 0.302. The Bertz CT molecular complexity index is 1500. The summed E-state index contributed by atoms with van der Waals surface area (Å²) in [5.41, 5.74) is 2.07. The van der Waals surface area contributed by atoms with Gasteiger partial charge in [0.1, 0.15) is 11.6 Å². The molecular formula is C27H25FN6O3S2. The lowest BCUT2D eigenvalue weighted by Crippen LogP contribution is -2.28. The number of hydrogen-bond acceptors (Lipinski definition) is 8. The van der Waals surface area contributed by atoms with Gasteiger partial charge in [0.25, 0.3) is 11.8 Å². The van der Waals surface area contributed by atoms with E-state index < -0.39 is 11.7 Å². The molecule has 5 rings (SSSR count). The monoisotopic (exact) mass is 564 g/mol. The number of nitrogens with zero attached hydrogens (tertiary/aromatic N) is 5. The normalized spacial score (nSPS) is 14.8. The molecule has 1 aliphatic heterocycles. The molecule has 2 aromatic heterocycles.